The van der Waals surface area contributed by atoms with Gasteiger partial charge in [-0.25, -0.2) is 21.8 Å². The third-order valence-electron chi connectivity index (χ3n) is 7.02. The summed E-state index contributed by atoms with van der Waals surface area (Å²) in [5.41, 5.74) is 0.664. The number of amides is 1. The Bertz CT molecular complexity index is 1590. The molecule has 2 N–H and O–H groups in total. The molecule has 3 aromatic rings. The van der Waals surface area contributed by atoms with Crippen molar-refractivity contribution in [3.05, 3.63) is 66.6 Å². The lowest BCUT2D eigenvalue weighted by atomic mass is 10.0. The van der Waals surface area contributed by atoms with Crippen LogP contribution in [0.3, 0.4) is 0 Å². The van der Waals surface area contributed by atoms with Crippen LogP contribution in [0.1, 0.15) is 19.4 Å². The highest BCUT2D eigenvalue weighted by Crippen LogP contribution is 2.30. The van der Waals surface area contributed by atoms with Gasteiger partial charge in [0.1, 0.15) is 11.9 Å². The average molecular weight is 606 g/mol. The molecule has 0 aliphatic carbocycles. The van der Waals surface area contributed by atoms with Crippen molar-refractivity contribution >= 4 is 31.6 Å². The average Bonchev–Trinajstić information content (AvgIpc) is 3.40. The maximum Gasteiger partial charge on any atom is 0.261 e. The molecule has 2 heterocycles. The fourth-order valence-electron chi connectivity index (χ4n) is 4.56. The van der Waals surface area contributed by atoms with Crippen LogP contribution in [0.25, 0.3) is 0 Å². The van der Waals surface area contributed by atoms with Crippen molar-refractivity contribution in [2.75, 3.05) is 31.5 Å². The number of aliphatic hydroxyl groups is 1. The predicted octanol–water partition coefficient (Wildman–Crippen LogP) is 1.69. The number of nitrogens with zero attached hydrogens (tertiary/aromatic N) is 4. The fraction of sp³-hybridized carbons (Fsp3) is 0.407. The number of aromatic nitrogens is 2. The predicted molar refractivity (Wildman–Crippen MR) is 152 cm³/mol. The van der Waals surface area contributed by atoms with Crippen LogP contribution in [-0.4, -0.2) is 85.5 Å². The summed E-state index contributed by atoms with van der Waals surface area (Å²) in [6.45, 7) is 3.48. The van der Waals surface area contributed by atoms with Crippen molar-refractivity contribution in [3.8, 4) is 5.75 Å². The number of imidazole rings is 1. The zero-order chi connectivity index (χ0) is 29.9. The molecule has 1 aliphatic heterocycles. The summed E-state index contributed by atoms with van der Waals surface area (Å²) in [5, 5.41) is 9.75. The van der Waals surface area contributed by atoms with Gasteiger partial charge in [-0.2, -0.15) is 4.31 Å². The topological polar surface area (TPSA) is 151 Å². The van der Waals surface area contributed by atoms with Gasteiger partial charge in [-0.05, 0) is 37.3 Å². The second kappa shape index (κ2) is 12.2. The number of fused-ring (bicyclic) bond motifs is 1. The van der Waals surface area contributed by atoms with E-state index in [0.717, 1.165) is 4.31 Å². The van der Waals surface area contributed by atoms with Crippen molar-refractivity contribution in [1.29, 1.82) is 0 Å². The van der Waals surface area contributed by atoms with E-state index in [1.54, 1.807) is 47.7 Å². The zero-order valence-corrected chi connectivity index (χ0v) is 25.0. The molecule has 0 fully saturated rings. The van der Waals surface area contributed by atoms with Crippen LogP contribution in [0.15, 0.2) is 71.0 Å². The van der Waals surface area contributed by atoms with Crippen LogP contribution in [0.4, 0.5) is 5.69 Å². The molecule has 41 heavy (non-hydrogen) atoms. The largest absolute Gasteiger partial charge is 0.488 e. The Hall–Kier alpha value is -3.46. The van der Waals surface area contributed by atoms with Crippen LogP contribution in [-0.2, 0) is 38.3 Å². The Morgan fingerprint density at radius 3 is 2.51 bits per heavy atom. The SMILES string of the molecule is C[C@@H]1CN([C@@H](C)CO)C(=O)Cc2cc(NS(=O)(=O)c3ccccc3)ccc2O[C@@H]1CN(C)S(=O)(=O)c1cn(C)cn1. The Kier molecular flexibility index (Phi) is 9.07. The number of anilines is 1. The van der Waals surface area contributed by atoms with Gasteiger partial charge in [0.2, 0.25) is 5.91 Å². The minimum Gasteiger partial charge on any atom is -0.488 e. The van der Waals surface area contributed by atoms with E-state index >= 15 is 0 Å². The van der Waals surface area contributed by atoms with Gasteiger partial charge in [0.05, 0.1) is 36.8 Å². The molecule has 4 rings (SSSR count). The van der Waals surface area contributed by atoms with Gasteiger partial charge in [0.15, 0.2) is 5.03 Å². The van der Waals surface area contributed by atoms with Crippen LogP contribution >= 0.6 is 0 Å². The molecular formula is C27H35N5O7S2. The van der Waals surface area contributed by atoms with E-state index in [9.17, 15) is 26.7 Å². The first-order chi connectivity index (χ1) is 19.3. The molecule has 3 atom stereocenters. The number of aryl methyl sites for hydroxylation is 1. The Labute approximate surface area is 240 Å². The van der Waals surface area contributed by atoms with E-state index in [0.29, 0.717) is 11.3 Å². The Balaban J connectivity index is 1.68. The van der Waals surface area contributed by atoms with E-state index in [1.807, 2.05) is 6.92 Å². The normalized spacial score (nSPS) is 19.1. The molecule has 222 valence electrons. The summed E-state index contributed by atoms with van der Waals surface area (Å²) in [6.07, 6.45) is 2.01. The molecule has 0 bridgehead atoms. The highest BCUT2D eigenvalue weighted by Gasteiger charge is 2.34. The summed E-state index contributed by atoms with van der Waals surface area (Å²) < 4.78 is 63.8. The minimum atomic E-state index is -3.92. The summed E-state index contributed by atoms with van der Waals surface area (Å²) in [4.78, 5) is 19.0. The first-order valence-corrected chi connectivity index (χ1v) is 16.0. The molecule has 14 heteroatoms. The first-order valence-electron chi connectivity index (χ1n) is 13.0. The molecule has 0 spiro atoms. The molecule has 1 aliphatic rings. The molecule has 12 nitrogen and oxygen atoms in total. The number of rotatable bonds is 9. The minimum absolute atomic E-state index is 0.0442. The molecule has 2 aromatic carbocycles. The smallest absolute Gasteiger partial charge is 0.261 e. The van der Waals surface area contributed by atoms with Crippen molar-refractivity contribution in [1.82, 2.24) is 18.8 Å². The van der Waals surface area contributed by atoms with Gasteiger partial charge in [-0.1, -0.05) is 25.1 Å². The maximum atomic E-state index is 13.4. The van der Waals surface area contributed by atoms with Gasteiger partial charge >= 0.3 is 0 Å². The van der Waals surface area contributed by atoms with Gasteiger partial charge in [0.25, 0.3) is 20.0 Å². The number of hydrogen-bond donors (Lipinski definition) is 2. The lowest BCUT2D eigenvalue weighted by Crippen LogP contribution is -2.48. The molecule has 0 saturated heterocycles. The number of aliphatic hydroxyl groups excluding tert-OH is 1. The second-order valence-corrected chi connectivity index (χ2v) is 14.0. The second-order valence-electron chi connectivity index (χ2n) is 10.3. The summed E-state index contributed by atoms with van der Waals surface area (Å²) in [5.74, 6) is -0.280. The monoisotopic (exact) mass is 605 g/mol. The van der Waals surface area contributed by atoms with Crippen molar-refractivity contribution in [2.45, 2.75) is 42.3 Å². The molecule has 1 aromatic heterocycles. The summed E-state index contributed by atoms with van der Waals surface area (Å²) in [6, 6.07) is 12.0. The van der Waals surface area contributed by atoms with Crippen LogP contribution in [0, 0.1) is 5.92 Å². The van der Waals surface area contributed by atoms with Gasteiger partial charge < -0.3 is 19.3 Å². The summed E-state index contributed by atoms with van der Waals surface area (Å²) in [7, 11) is -4.69. The van der Waals surface area contributed by atoms with Crippen molar-refractivity contribution in [2.24, 2.45) is 13.0 Å². The molecular weight excluding hydrogens is 570 g/mol. The zero-order valence-electron chi connectivity index (χ0n) is 23.3. The number of nitrogens with one attached hydrogen (secondary N) is 1. The van der Waals surface area contributed by atoms with E-state index in [-0.39, 0.29) is 53.6 Å². The number of carbonyl (C=O) groups is 1. The molecule has 0 radical (unpaired) electrons. The van der Waals surface area contributed by atoms with Crippen LogP contribution in [0.5, 0.6) is 5.75 Å². The first kappa shape index (κ1) is 30.5. The number of hydrogen-bond acceptors (Lipinski definition) is 8. The Morgan fingerprint density at radius 2 is 1.88 bits per heavy atom. The van der Waals surface area contributed by atoms with Crippen molar-refractivity contribution < 1.29 is 31.5 Å². The maximum absolute atomic E-state index is 13.4. The number of benzene rings is 2. The Morgan fingerprint density at radius 1 is 1.17 bits per heavy atom. The number of sulfonamides is 2. The standard InChI is InChI=1S/C27H35N5O7S2/c1-19-14-32(20(2)17-33)27(34)13-21-12-22(29-40(35,36)23-8-6-5-7-9-23)10-11-24(21)39-25(19)15-31(4)41(37,38)26-16-30(3)18-28-26/h5-12,16,18-20,25,29,33H,13-15,17H2,1-4H3/t19-,20+,25-/m1/s1. The van der Waals surface area contributed by atoms with Crippen LogP contribution in [0.2, 0.25) is 0 Å². The molecule has 0 unspecified atom stereocenters. The number of ether oxygens (including phenoxy) is 1. The lowest BCUT2D eigenvalue weighted by Gasteiger charge is -2.33. The van der Waals surface area contributed by atoms with Crippen molar-refractivity contribution in [3.63, 3.8) is 0 Å². The van der Waals surface area contributed by atoms with Gasteiger partial charge in [-0.15, -0.1) is 0 Å². The number of carbonyl (C=O) groups excluding carboxylic acids is 1. The number of likely N-dealkylation sites (N-methyl/N-ethyl adjacent to an activating group) is 1. The van der Waals surface area contributed by atoms with Crippen LogP contribution < -0.4 is 9.46 Å². The fourth-order valence-corrected chi connectivity index (χ4v) is 6.77. The highest BCUT2D eigenvalue weighted by molar-refractivity contribution is 7.92. The van der Waals surface area contributed by atoms with E-state index < -0.39 is 32.2 Å². The molecule has 0 saturated carbocycles. The third-order valence-corrected chi connectivity index (χ3v) is 10.1. The quantitative estimate of drug-likeness (QED) is 0.374. The summed E-state index contributed by atoms with van der Waals surface area (Å²) >= 11 is 0. The van der Waals surface area contributed by atoms with E-state index in [1.165, 1.54) is 43.8 Å². The van der Waals surface area contributed by atoms with Gasteiger partial charge in [0, 0.05) is 44.0 Å². The van der Waals surface area contributed by atoms with E-state index in [2.05, 4.69) is 9.71 Å². The lowest BCUT2D eigenvalue weighted by molar-refractivity contribution is -0.134. The van der Waals surface area contributed by atoms with E-state index in [4.69, 9.17) is 4.74 Å². The van der Waals surface area contributed by atoms with Gasteiger partial charge in [-0.3, -0.25) is 9.52 Å². The molecule has 1 amide bonds. The third kappa shape index (κ3) is 6.89. The highest BCUT2D eigenvalue weighted by atomic mass is 32.2.